The van der Waals surface area contributed by atoms with Crippen LogP contribution in [0.15, 0.2) is 40.9 Å². The Labute approximate surface area is 130 Å². The number of nitrogen functional groups attached to an aromatic ring is 1. The normalized spacial score (nSPS) is 10.2. The largest absolute Gasteiger partial charge is 0.399 e. The average Bonchev–Trinajstić information content (AvgIpc) is 2.43. The predicted octanol–water partition coefficient (Wildman–Crippen LogP) is 3.66. The zero-order valence-corrected chi connectivity index (χ0v) is 13.0. The number of rotatable bonds is 4. The molecule has 0 aliphatic carbocycles. The molecular formula is C15H15BrFN3O. The molecule has 2 rings (SSSR count). The molecule has 4 nitrogen and oxygen atoms in total. The number of carbonyl (C=O) groups is 1. The summed E-state index contributed by atoms with van der Waals surface area (Å²) < 4.78 is 14.5. The van der Waals surface area contributed by atoms with E-state index in [9.17, 15) is 9.18 Å². The number of hydrogen-bond acceptors (Lipinski definition) is 3. The van der Waals surface area contributed by atoms with E-state index in [1.165, 1.54) is 6.07 Å². The zero-order valence-electron chi connectivity index (χ0n) is 11.4. The van der Waals surface area contributed by atoms with Crippen molar-refractivity contribution in [2.45, 2.75) is 6.92 Å². The van der Waals surface area contributed by atoms with Crippen molar-refractivity contribution in [3.63, 3.8) is 0 Å². The fourth-order valence-electron chi connectivity index (χ4n) is 1.87. The summed E-state index contributed by atoms with van der Waals surface area (Å²) in [5.74, 6) is -0.666. The molecular weight excluding hydrogens is 337 g/mol. The molecule has 0 saturated carbocycles. The van der Waals surface area contributed by atoms with Gasteiger partial charge in [-0.3, -0.25) is 4.79 Å². The van der Waals surface area contributed by atoms with Crippen molar-refractivity contribution in [2.75, 3.05) is 17.6 Å². The molecule has 4 N–H and O–H groups in total. The maximum absolute atomic E-state index is 13.9. The van der Waals surface area contributed by atoms with Crippen molar-refractivity contribution in [3.05, 3.63) is 52.3 Å². The van der Waals surface area contributed by atoms with Crippen molar-refractivity contribution < 1.29 is 9.18 Å². The lowest BCUT2D eigenvalue weighted by atomic mass is 10.1. The van der Waals surface area contributed by atoms with E-state index in [0.717, 1.165) is 0 Å². The van der Waals surface area contributed by atoms with E-state index in [2.05, 4.69) is 26.6 Å². The van der Waals surface area contributed by atoms with E-state index in [0.29, 0.717) is 28.0 Å². The molecule has 0 spiro atoms. The summed E-state index contributed by atoms with van der Waals surface area (Å²) in [6, 6.07) is 9.48. The number of nitrogens with one attached hydrogen (secondary N) is 2. The van der Waals surface area contributed by atoms with Crippen molar-refractivity contribution in [1.29, 1.82) is 0 Å². The van der Waals surface area contributed by atoms with Gasteiger partial charge in [0.15, 0.2) is 0 Å². The number of anilines is 3. The fourth-order valence-corrected chi connectivity index (χ4v) is 2.31. The predicted molar refractivity (Wildman–Crippen MR) is 86.2 cm³/mol. The minimum Gasteiger partial charge on any atom is -0.399 e. The van der Waals surface area contributed by atoms with Gasteiger partial charge in [-0.15, -0.1) is 0 Å². The molecule has 0 aromatic heterocycles. The van der Waals surface area contributed by atoms with Gasteiger partial charge in [-0.1, -0.05) is 6.07 Å². The molecule has 0 aliphatic heterocycles. The van der Waals surface area contributed by atoms with E-state index >= 15 is 0 Å². The summed E-state index contributed by atoms with van der Waals surface area (Å²) in [6.45, 7) is 2.34. The fraction of sp³-hybridized carbons (Fsp3) is 0.133. The van der Waals surface area contributed by atoms with E-state index < -0.39 is 5.82 Å². The van der Waals surface area contributed by atoms with Crippen molar-refractivity contribution in [1.82, 2.24) is 5.32 Å². The van der Waals surface area contributed by atoms with Gasteiger partial charge in [0.25, 0.3) is 5.91 Å². The molecule has 2 aromatic carbocycles. The summed E-state index contributed by atoms with van der Waals surface area (Å²) in [5, 5.41) is 5.64. The molecule has 110 valence electrons. The Bertz CT molecular complexity index is 656. The molecule has 1 amide bonds. The van der Waals surface area contributed by atoms with Gasteiger partial charge in [0.05, 0.1) is 16.9 Å². The molecule has 0 unspecified atom stereocenters. The third-order valence-corrected chi connectivity index (χ3v) is 3.51. The van der Waals surface area contributed by atoms with Crippen molar-refractivity contribution in [3.8, 4) is 0 Å². The lowest BCUT2D eigenvalue weighted by Crippen LogP contribution is -2.23. The van der Waals surface area contributed by atoms with Crippen LogP contribution in [-0.4, -0.2) is 12.5 Å². The molecule has 0 bridgehead atoms. The van der Waals surface area contributed by atoms with Crippen LogP contribution in [0.3, 0.4) is 0 Å². The number of amides is 1. The third kappa shape index (κ3) is 3.52. The molecule has 6 heteroatoms. The van der Waals surface area contributed by atoms with Crippen LogP contribution >= 0.6 is 15.9 Å². The van der Waals surface area contributed by atoms with Gasteiger partial charge < -0.3 is 16.4 Å². The number of para-hydroxylation sites is 1. The molecule has 21 heavy (non-hydrogen) atoms. The summed E-state index contributed by atoms with van der Waals surface area (Å²) >= 11 is 3.28. The van der Waals surface area contributed by atoms with Crippen LogP contribution in [0.1, 0.15) is 17.3 Å². The summed E-state index contributed by atoms with van der Waals surface area (Å²) in [4.78, 5) is 12.0. The van der Waals surface area contributed by atoms with Gasteiger partial charge in [0, 0.05) is 16.7 Å². The van der Waals surface area contributed by atoms with Crippen LogP contribution in [0.4, 0.5) is 21.5 Å². The zero-order chi connectivity index (χ0) is 15.4. The highest BCUT2D eigenvalue weighted by Crippen LogP contribution is 2.31. The van der Waals surface area contributed by atoms with Crippen LogP contribution in [-0.2, 0) is 0 Å². The minimum atomic E-state index is -0.423. The molecule has 0 atom stereocenters. The number of carbonyl (C=O) groups excluding carboxylic acids is 1. The third-order valence-electron chi connectivity index (χ3n) is 2.85. The molecule has 0 aliphatic rings. The maximum atomic E-state index is 13.9. The maximum Gasteiger partial charge on any atom is 0.253 e. The molecule has 0 heterocycles. The Kier molecular flexibility index (Phi) is 4.80. The van der Waals surface area contributed by atoms with Crippen LogP contribution in [0.25, 0.3) is 0 Å². The van der Waals surface area contributed by atoms with Gasteiger partial charge in [0.1, 0.15) is 5.82 Å². The first-order valence-corrected chi connectivity index (χ1v) is 7.21. The standard InChI is InChI=1S/C15H15BrFN3O/c1-2-19-15(21)10-7-6-9(18)8-13(10)20-14-11(16)4-3-5-12(14)17/h3-8,20H,2,18H2,1H3,(H,19,21). The minimum absolute atomic E-state index is 0.243. The molecule has 2 aromatic rings. The van der Waals surface area contributed by atoms with E-state index in [1.54, 1.807) is 30.3 Å². The molecule has 0 fully saturated rings. The van der Waals surface area contributed by atoms with Crippen molar-refractivity contribution >= 4 is 38.9 Å². The monoisotopic (exact) mass is 351 g/mol. The van der Waals surface area contributed by atoms with Gasteiger partial charge in [-0.25, -0.2) is 4.39 Å². The van der Waals surface area contributed by atoms with Crippen molar-refractivity contribution in [2.24, 2.45) is 0 Å². The Morgan fingerprint density at radius 3 is 2.76 bits per heavy atom. The first kappa shape index (κ1) is 15.3. The first-order chi connectivity index (χ1) is 10.0. The van der Waals surface area contributed by atoms with Gasteiger partial charge in [-0.2, -0.15) is 0 Å². The Hall–Kier alpha value is -2.08. The lowest BCUT2D eigenvalue weighted by molar-refractivity contribution is 0.0956. The highest BCUT2D eigenvalue weighted by atomic mass is 79.9. The Balaban J connectivity index is 2.43. The lowest BCUT2D eigenvalue weighted by Gasteiger charge is -2.14. The summed E-state index contributed by atoms with van der Waals surface area (Å²) in [7, 11) is 0. The average molecular weight is 352 g/mol. The van der Waals surface area contributed by atoms with Crippen LogP contribution in [0.2, 0.25) is 0 Å². The van der Waals surface area contributed by atoms with E-state index in [4.69, 9.17) is 5.73 Å². The highest BCUT2D eigenvalue weighted by molar-refractivity contribution is 9.10. The Morgan fingerprint density at radius 1 is 1.33 bits per heavy atom. The van der Waals surface area contributed by atoms with Crippen LogP contribution < -0.4 is 16.4 Å². The van der Waals surface area contributed by atoms with Crippen LogP contribution in [0.5, 0.6) is 0 Å². The first-order valence-electron chi connectivity index (χ1n) is 6.41. The summed E-state index contributed by atoms with van der Waals surface area (Å²) in [6.07, 6.45) is 0. The number of halogens is 2. The number of nitrogens with two attached hydrogens (primary N) is 1. The molecule has 0 radical (unpaired) electrons. The number of hydrogen-bond donors (Lipinski definition) is 3. The van der Waals surface area contributed by atoms with E-state index in [1.807, 2.05) is 6.92 Å². The smallest absolute Gasteiger partial charge is 0.253 e. The van der Waals surface area contributed by atoms with Gasteiger partial charge in [0.2, 0.25) is 0 Å². The topological polar surface area (TPSA) is 67.2 Å². The second kappa shape index (κ2) is 6.58. The Morgan fingerprint density at radius 2 is 2.10 bits per heavy atom. The van der Waals surface area contributed by atoms with Gasteiger partial charge in [-0.05, 0) is 53.2 Å². The van der Waals surface area contributed by atoms with E-state index in [-0.39, 0.29) is 11.6 Å². The van der Waals surface area contributed by atoms with Gasteiger partial charge >= 0.3 is 0 Å². The quantitative estimate of drug-likeness (QED) is 0.736. The second-order valence-electron chi connectivity index (χ2n) is 4.39. The number of benzene rings is 2. The molecule has 0 saturated heterocycles. The second-order valence-corrected chi connectivity index (χ2v) is 5.24. The highest BCUT2D eigenvalue weighted by Gasteiger charge is 2.14. The summed E-state index contributed by atoms with van der Waals surface area (Å²) in [5.41, 5.74) is 7.35. The van der Waals surface area contributed by atoms with Crippen LogP contribution in [0, 0.1) is 5.82 Å². The SMILES string of the molecule is CCNC(=O)c1ccc(N)cc1Nc1c(F)cccc1Br.